The first-order chi connectivity index (χ1) is 10.5. The van der Waals surface area contributed by atoms with E-state index in [9.17, 15) is 9.59 Å². The first kappa shape index (κ1) is 17.2. The number of methoxy groups -OCH3 is 1. The van der Waals surface area contributed by atoms with Crippen molar-refractivity contribution in [2.24, 2.45) is 0 Å². The van der Waals surface area contributed by atoms with Crippen molar-refractivity contribution in [2.75, 3.05) is 19.0 Å². The van der Waals surface area contributed by atoms with Gasteiger partial charge in [0.2, 0.25) is 0 Å². The minimum atomic E-state index is -0.524. The number of esters is 1. The van der Waals surface area contributed by atoms with Gasteiger partial charge in [-0.3, -0.25) is 9.59 Å². The highest BCUT2D eigenvalue weighted by atomic mass is 16.5. The molecule has 116 valence electrons. The largest absolute Gasteiger partial charge is 0.468 e. The summed E-state index contributed by atoms with van der Waals surface area (Å²) in [6, 6.07) is 7.54. The third kappa shape index (κ3) is 4.63. The molecular weight excluding hydrogens is 282 g/mol. The van der Waals surface area contributed by atoms with Crippen molar-refractivity contribution < 1.29 is 14.3 Å². The van der Waals surface area contributed by atoms with Gasteiger partial charge in [-0.1, -0.05) is 25.1 Å². The van der Waals surface area contributed by atoms with Crippen LogP contribution in [-0.2, 0) is 20.7 Å². The quantitative estimate of drug-likeness (QED) is 0.474. The van der Waals surface area contributed by atoms with Crippen molar-refractivity contribution in [3.63, 3.8) is 0 Å². The molecule has 0 unspecified atom stereocenters. The normalized spacial score (nSPS) is 10.5. The molecule has 6 heteroatoms. The summed E-state index contributed by atoms with van der Waals surface area (Å²) in [7, 11) is 1.26. The van der Waals surface area contributed by atoms with E-state index in [0.29, 0.717) is 5.69 Å². The molecule has 0 bridgehead atoms. The maximum Gasteiger partial charge on any atom is 0.325 e. The fourth-order valence-corrected chi connectivity index (χ4v) is 1.84. The molecule has 22 heavy (non-hydrogen) atoms. The summed E-state index contributed by atoms with van der Waals surface area (Å²) < 4.78 is 4.45. The Balaban J connectivity index is 2.84. The van der Waals surface area contributed by atoms with Gasteiger partial charge in [0.15, 0.2) is 0 Å². The van der Waals surface area contributed by atoms with E-state index in [-0.39, 0.29) is 12.1 Å². The Hall–Kier alpha value is -2.81. The molecule has 2 N–H and O–H groups in total. The molecule has 0 saturated heterocycles. The molecule has 1 amide bonds. The molecule has 0 spiro atoms. The average Bonchev–Trinajstić information content (AvgIpc) is 2.52. The van der Waals surface area contributed by atoms with Crippen LogP contribution in [-0.4, -0.2) is 25.5 Å². The number of para-hydroxylation sites is 1. The second-order valence-electron chi connectivity index (χ2n) is 4.54. The van der Waals surface area contributed by atoms with Crippen molar-refractivity contribution in [1.82, 2.24) is 5.32 Å². The summed E-state index contributed by atoms with van der Waals surface area (Å²) in [6.45, 7) is 3.77. The van der Waals surface area contributed by atoms with Crippen molar-refractivity contribution in [1.29, 1.82) is 5.26 Å². The Morgan fingerprint density at radius 3 is 2.73 bits per heavy atom. The lowest BCUT2D eigenvalue weighted by molar-refractivity contribution is -0.139. The van der Waals surface area contributed by atoms with Crippen LogP contribution in [0.4, 0.5) is 5.69 Å². The number of ether oxygens (including phenoxy) is 1. The number of nitriles is 1. The molecule has 6 nitrogen and oxygen atoms in total. The number of nitrogens with one attached hydrogen (secondary N) is 2. The summed E-state index contributed by atoms with van der Waals surface area (Å²) in [4.78, 5) is 23.1. The minimum absolute atomic E-state index is 0.112. The highest BCUT2D eigenvalue weighted by molar-refractivity contribution is 6.07. The third-order valence-electron chi connectivity index (χ3n) is 3.06. The molecule has 0 radical (unpaired) electrons. The molecular formula is C16H19N3O3. The zero-order chi connectivity index (χ0) is 16.5. The van der Waals surface area contributed by atoms with Crippen LogP contribution in [0.15, 0.2) is 30.0 Å². The number of amides is 1. The van der Waals surface area contributed by atoms with E-state index in [1.54, 1.807) is 6.07 Å². The van der Waals surface area contributed by atoms with Crippen molar-refractivity contribution in [3.05, 3.63) is 41.1 Å². The Labute approximate surface area is 129 Å². The lowest BCUT2D eigenvalue weighted by atomic mass is 10.1. The van der Waals surface area contributed by atoms with Crippen LogP contribution in [0.1, 0.15) is 18.1 Å². The van der Waals surface area contributed by atoms with Gasteiger partial charge < -0.3 is 15.4 Å². The lowest BCUT2D eigenvalue weighted by Gasteiger charge is -2.12. The highest BCUT2D eigenvalue weighted by Gasteiger charge is 2.13. The van der Waals surface area contributed by atoms with Crippen molar-refractivity contribution in [2.45, 2.75) is 20.3 Å². The minimum Gasteiger partial charge on any atom is -0.468 e. The van der Waals surface area contributed by atoms with E-state index in [1.165, 1.54) is 13.3 Å². The van der Waals surface area contributed by atoms with Crippen LogP contribution in [0.2, 0.25) is 0 Å². The van der Waals surface area contributed by atoms with Gasteiger partial charge in [-0.2, -0.15) is 5.26 Å². The summed E-state index contributed by atoms with van der Waals surface area (Å²) in [6.07, 6.45) is 1.97. The molecule has 0 aliphatic heterocycles. The van der Waals surface area contributed by atoms with E-state index >= 15 is 0 Å². The monoisotopic (exact) mass is 301 g/mol. The average molecular weight is 301 g/mol. The fraction of sp³-hybridized carbons (Fsp3) is 0.312. The number of rotatable bonds is 6. The summed E-state index contributed by atoms with van der Waals surface area (Å²) in [5.74, 6) is -1.01. The van der Waals surface area contributed by atoms with Gasteiger partial charge in [0.1, 0.15) is 18.2 Å². The van der Waals surface area contributed by atoms with E-state index < -0.39 is 11.9 Å². The van der Waals surface area contributed by atoms with Crippen LogP contribution in [0.3, 0.4) is 0 Å². The van der Waals surface area contributed by atoms with Gasteiger partial charge >= 0.3 is 5.97 Å². The van der Waals surface area contributed by atoms with Crippen LogP contribution in [0.5, 0.6) is 0 Å². The molecule has 1 aromatic carbocycles. The van der Waals surface area contributed by atoms with Gasteiger partial charge in [0, 0.05) is 11.9 Å². The van der Waals surface area contributed by atoms with Crippen molar-refractivity contribution in [3.8, 4) is 6.07 Å². The van der Waals surface area contributed by atoms with Crippen LogP contribution in [0, 0.1) is 18.3 Å². The van der Waals surface area contributed by atoms with Crippen LogP contribution < -0.4 is 10.6 Å². The Morgan fingerprint density at radius 2 is 2.14 bits per heavy atom. The number of hydrogen-bond donors (Lipinski definition) is 2. The zero-order valence-corrected chi connectivity index (χ0v) is 12.9. The molecule has 0 saturated carbocycles. The van der Waals surface area contributed by atoms with E-state index in [2.05, 4.69) is 15.4 Å². The Morgan fingerprint density at radius 1 is 1.41 bits per heavy atom. The van der Waals surface area contributed by atoms with E-state index in [4.69, 9.17) is 5.26 Å². The molecule has 0 aliphatic carbocycles. The third-order valence-corrected chi connectivity index (χ3v) is 3.06. The van der Waals surface area contributed by atoms with Crippen molar-refractivity contribution >= 4 is 17.6 Å². The SMILES string of the molecule is CCc1cccc(C)c1NC(=O)/C(C#N)=C\NCC(=O)OC. The molecule has 0 atom stereocenters. The number of aryl methyl sites for hydroxylation is 2. The molecule has 0 aromatic heterocycles. The summed E-state index contributed by atoms with van der Waals surface area (Å²) >= 11 is 0. The standard InChI is InChI=1S/C16H19N3O3/c1-4-12-7-5-6-11(2)15(12)19-16(21)13(8-17)9-18-10-14(20)22-3/h5-7,9,18H,4,10H2,1-3H3,(H,19,21)/b13-9-. The van der Waals surface area contributed by atoms with E-state index in [0.717, 1.165) is 17.5 Å². The predicted molar refractivity (Wildman–Crippen MR) is 82.9 cm³/mol. The topological polar surface area (TPSA) is 91.2 Å². The van der Waals surface area contributed by atoms with Gasteiger partial charge in [0.25, 0.3) is 5.91 Å². The van der Waals surface area contributed by atoms with Crippen LogP contribution in [0.25, 0.3) is 0 Å². The number of anilines is 1. The van der Waals surface area contributed by atoms with E-state index in [1.807, 2.05) is 32.0 Å². The van der Waals surface area contributed by atoms with Crippen LogP contribution >= 0.6 is 0 Å². The second kappa shape index (κ2) is 8.47. The zero-order valence-electron chi connectivity index (χ0n) is 12.9. The predicted octanol–water partition coefficient (Wildman–Crippen LogP) is 1.67. The summed E-state index contributed by atoms with van der Waals surface area (Å²) in [5.41, 5.74) is 2.51. The molecule has 1 aromatic rings. The number of carbonyl (C=O) groups is 2. The first-order valence-electron chi connectivity index (χ1n) is 6.83. The molecule has 0 heterocycles. The number of hydrogen-bond acceptors (Lipinski definition) is 5. The first-order valence-corrected chi connectivity index (χ1v) is 6.83. The second-order valence-corrected chi connectivity index (χ2v) is 4.54. The number of carbonyl (C=O) groups excluding carboxylic acids is 2. The van der Waals surface area contributed by atoms with Gasteiger partial charge in [-0.15, -0.1) is 0 Å². The lowest BCUT2D eigenvalue weighted by Crippen LogP contribution is -2.22. The highest BCUT2D eigenvalue weighted by Crippen LogP contribution is 2.21. The Kier molecular flexibility index (Phi) is 6.64. The number of nitrogens with zero attached hydrogens (tertiary/aromatic N) is 1. The van der Waals surface area contributed by atoms with Gasteiger partial charge in [-0.05, 0) is 24.5 Å². The Bertz CT molecular complexity index is 630. The maximum atomic E-state index is 12.2. The summed E-state index contributed by atoms with van der Waals surface area (Å²) in [5, 5.41) is 14.4. The maximum absolute atomic E-state index is 12.2. The molecule has 1 rings (SSSR count). The smallest absolute Gasteiger partial charge is 0.325 e. The number of benzene rings is 1. The van der Waals surface area contributed by atoms with Gasteiger partial charge in [-0.25, -0.2) is 0 Å². The fourth-order valence-electron chi connectivity index (χ4n) is 1.84. The van der Waals surface area contributed by atoms with Gasteiger partial charge in [0.05, 0.1) is 7.11 Å². The molecule has 0 aliphatic rings. The molecule has 0 fully saturated rings.